The molecule has 0 saturated heterocycles. The van der Waals surface area contributed by atoms with Crippen molar-refractivity contribution >= 4 is 17.7 Å². The van der Waals surface area contributed by atoms with E-state index in [4.69, 9.17) is 5.11 Å². The van der Waals surface area contributed by atoms with E-state index in [0.717, 1.165) is 24.1 Å². The third-order valence-corrected chi connectivity index (χ3v) is 4.29. The van der Waals surface area contributed by atoms with Crippen LogP contribution >= 0.6 is 0 Å². The van der Waals surface area contributed by atoms with Crippen LogP contribution in [-0.4, -0.2) is 23.1 Å². The van der Waals surface area contributed by atoms with Gasteiger partial charge in [0, 0.05) is 24.6 Å². The van der Waals surface area contributed by atoms with Crippen LogP contribution in [0.4, 0.5) is 10.5 Å². The van der Waals surface area contributed by atoms with E-state index in [2.05, 4.69) is 5.32 Å². The molecule has 1 aliphatic heterocycles. The number of nitrogens with one attached hydrogen (secondary N) is 1. The van der Waals surface area contributed by atoms with E-state index in [1.54, 1.807) is 6.92 Å². The Kier molecular flexibility index (Phi) is 4.50. The minimum atomic E-state index is -1.03. The van der Waals surface area contributed by atoms with E-state index in [9.17, 15) is 9.59 Å². The van der Waals surface area contributed by atoms with Crippen molar-refractivity contribution in [1.29, 1.82) is 0 Å². The number of rotatable bonds is 3. The van der Waals surface area contributed by atoms with Crippen LogP contribution in [0.15, 0.2) is 24.3 Å². The molecule has 0 aliphatic carbocycles. The van der Waals surface area contributed by atoms with Crippen molar-refractivity contribution in [3.8, 4) is 0 Å². The van der Waals surface area contributed by atoms with E-state index in [-0.39, 0.29) is 23.9 Å². The largest absolute Gasteiger partial charge is 0.465 e. The topological polar surface area (TPSA) is 69.6 Å². The van der Waals surface area contributed by atoms with E-state index in [1.165, 1.54) is 0 Å². The Morgan fingerprint density at radius 3 is 2.43 bits per heavy atom. The summed E-state index contributed by atoms with van der Waals surface area (Å²) in [4.78, 5) is 25.1. The highest BCUT2D eigenvalue weighted by Crippen LogP contribution is 2.43. The number of nitrogens with zero attached hydrogens (tertiary/aromatic N) is 1. The highest BCUT2D eigenvalue weighted by molar-refractivity contribution is 5.94. The summed E-state index contributed by atoms with van der Waals surface area (Å²) in [6, 6.07) is 7.30. The van der Waals surface area contributed by atoms with Crippen molar-refractivity contribution in [3.63, 3.8) is 0 Å². The maximum atomic E-state index is 12.1. The van der Waals surface area contributed by atoms with Crippen LogP contribution in [0.3, 0.4) is 0 Å². The zero-order valence-corrected chi connectivity index (χ0v) is 12.7. The summed E-state index contributed by atoms with van der Waals surface area (Å²) in [5.74, 6) is 0.0754. The Bertz CT molecular complexity index is 544. The number of anilines is 1. The first-order valence-electron chi connectivity index (χ1n) is 7.39. The number of amides is 2. The monoisotopic (exact) mass is 290 g/mol. The summed E-state index contributed by atoms with van der Waals surface area (Å²) in [6.07, 6.45) is 0.575. The Balaban J connectivity index is 2.58. The number of hydrogen-bond acceptors (Lipinski definition) is 2. The van der Waals surface area contributed by atoms with Gasteiger partial charge in [-0.2, -0.15) is 0 Å². The van der Waals surface area contributed by atoms with Crippen LogP contribution in [0.2, 0.25) is 0 Å². The van der Waals surface area contributed by atoms with E-state index >= 15 is 0 Å². The van der Waals surface area contributed by atoms with Gasteiger partial charge in [-0.3, -0.25) is 4.79 Å². The molecule has 2 N–H and O–H groups in total. The first kappa shape index (κ1) is 15.4. The van der Waals surface area contributed by atoms with E-state index in [1.807, 2.05) is 43.0 Å². The van der Waals surface area contributed by atoms with Crippen LogP contribution in [0, 0.1) is 5.92 Å². The average molecular weight is 290 g/mol. The first-order chi connectivity index (χ1) is 10.0. The Hall–Kier alpha value is -2.04. The maximum Gasteiger partial charge on any atom is 0.405 e. The fourth-order valence-electron chi connectivity index (χ4n) is 3.51. The van der Waals surface area contributed by atoms with Crippen LogP contribution in [0.5, 0.6) is 0 Å². The van der Waals surface area contributed by atoms with E-state index < -0.39 is 6.09 Å². The third kappa shape index (κ3) is 2.73. The molecule has 0 bridgehead atoms. The molecule has 5 nitrogen and oxygen atoms in total. The maximum absolute atomic E-state index is 12.1. The number of benzene rings is 1. The number of carbonyl (C=O) groups excluding carboxylic acids is 1. The molecule has 1 aromatic rings. The number of carboxylic acid groups (broad SMARTS) is 1. The van der Waals surface area contributed by atoms with Crippen molar-refractivity contribution in [1.82, 2.24) is 5.32 Å². The molecule has 3 atom stereocenters. The lowest BCUT2D eigenvalue weighted by Crippen LogP contribution is -2.52. The molecule has 2 amide bonds. The number of carbonyl (C=O) groups is 2. The van der Waals surface area contributed by atoms with Crippen LogP contribution in [0.1, 0.15) is 45.2 Å². The van der Waals surface area contributed by atoms with Gasteiger partial charge >= 0.3 is 6.09 Å². The summed E-state index contributed by atoms with van der Waals surface area (Å²) in [5.41, 5.74) is 1.70. The van der Waals surface area contributed by atoms with Gasteiger partial charge in [0.1, 0.15) is 0 Å². The summed E-state index contributed by atoms with van der Waals surface area (Å²) in [7, 11) is 0. The molecule has 0 unspecified atom stereocenters. The van der Waals surface area contributed by atoms with Crippen molar-refractivity contribution in [3.05, 3.63) is 29.8 Å². The molecular formula is C16H22N2O3. The summed E-state index contributed by atoms with van der Waals surface area (Å²) in [6.45, 7) is 5.64. The lowest BCUT2D eigenvalue weighted by molar-refractivity contribution is -0.117. The minimum Gasteiger partial charge on any atom is -0.465 e. The van der Waals surface area contributed by atoms with E-state index in [0.29, 0.717) is 0 Å². The second kappa shape index (κ2) is 6.16. The van der Waals surface area contributed by atoms with Gasteiger partial charge in [-0.1, -0.05) is 32.0 Å². The first-order valence-corrected chi connectivity index (χ1v) is 7.39. The number of para-hydroxylation sites is 1. The molecule has 114 valence electrons. The third-order valence-electron chi connectivity index (χ3n) is 4.29. The zero-order chi connectivity index (χ0) is 15.6. The fraction of sp³-hybridized carbons (Fsp3) is 0.500. The lowest BCUT2D eigenvalue weighted by Gasteiger charge is -2.45. The average Bonchev–Trinajstić information content (AvgIpc) is 2.45. The van der Waals surface area contributed by atoms with Gasteiger partial charge in [0.25, 0.3) is 0 Å². The predicted octanol–water partition coefficient (Wildman–Crippen LogP) is 3.17. The number of hydrogen-bond donors (Lipinski definition) is 2. The second-order valence-electron chi connectivity index (χ2n) is 5.42. The molecule has 0 fully saturated rings. The smallest absolute Gasteiger partial charge is 0.405 e. The summed E-state index contributed by atoms with van der Waals surface area (Å²) >= 11 is 0. The standard InChI is InChI=1S/C16H22N2O3/c1-4-11-13(5-2)18(10(3)19)14-9-7-6-8-12(14)15(11)17-16(20)21/h6-9,11,13,15,17H,4-5H2,1-3H3,(H,20,21)/t11-,13-,15+/m0/s1. The highest BCUT2D eigenvalue weighted by Gasteiger charge is 2.41. The molecule has 5 heteroatoms. The van der Waals surface area contributed by atoms with Gasteiger partial charge in [0.15, 0.2) is 0 Å². The van der Waals surface area contributed by atoms with Crippen molar-refractivity contribution in [2.45, 2.75) is 45.7 Å². The summed E-state index contributed by atoms with van der Waals surface area (Å²) < 4.78 is 0. The molecular weight excluding hydrogens is 268 g/mol. The zero-order valence-electron chi connectivity index (χ0n) is 12.7. The van der Waals surface area contributed by atoms with Gasteiger partial charge in [-0.05, 0) is 24.5 Å². The van der Waals surface area contributed by atoms with Crippen LogP contribution < -0.4 is 10.2 Å². The SMILES string of the molecule is CC[C@@H]1[C@@H](NC(=O)O)c2ccccc2N(C(C)=O)[C@H]1CC. The molecule has 1 aromatic carbocycles. The Morgan fingerprint density at radius 2 is 1.90 bits per heavy atom. The molecule has 0 aromatic heterocycles. The van der Waals surface area contributed by atoms with Gasteiger partial charge < -0.3 is 15.3 Å². The molecule has 0 radical (unpaired) electrons. The normalized spacial score (nSPS) is 24.3. The molecule has 1 aliphatic rings. The minimum absolute atomic E-state index is 0.00141. The highest BCUT2D eigenvalue weighted by atomic mass is 16.4. The molecule has 0 saturated carbocycles. The summed E-state index contributed by atoms with van der Waals surface area (Å²) in [5, 5.41) is 11.8. The lowest BCUT2D eigenvalue weighted by atomic mass is 9.78. The van der Waals surface area contributed by atoms with Gasteiger partial charge in [0.05, 0.1) is 6.04 Å². The number of fused-ring (bicyclic) bond motifs is 1. The molecule has 1 heterocycles. The molecule has 21 heavy (non-hydrogen) atoms. The Labute approximate surface area is 125 Å². The van der Waals surface area contributed by atoms with Gasteiger partial charge in [-0.25, -0.2) is 4.79 Å². The molecule has 2 rings (SSSR count). The Morgan fingerprint density at radius 1 is 1.24 bits per heavy atom. The van der Waals surface area contributed by atoms with Crippen molar-refractivity contribution < 1.29 is 14.7 Å². The second-order valence-corrected chi connectivity index (χ2v) is 5.42. The predicted molar refractivity (Wildman–Crippen MR) is 81.4 cm³/mol. The van der Waals surface area contributed by atoms with Crippen LogP contribution in [-0.2, 0) is 4.79 Å². The van der Waals surface area contributed by atoms with Crippen molar-refractivity contribution in [2.24, 2.45) is 5.92 Å². The fourth-order valence-corrected chi connectivity index (χ4v) is 3.51. The van der Waals surface area contributed by atoms with Crippen LogP contribution in [0.25, 0.3) is 0 Å². The van der Waals surface area contributed by atoms with Gasteiger partial charge in [-0.15, -0.1) is 0 Å². The van der Waals surface area contributed by atoms with Crippen molar-refractivity contribution in [2.75, 3.05) is 4.90 Å². The van der Waals surface area contributed by atoms with Gasteiger partial charge in [0.2, 0.25) is 5.91 Å². The quantitative estimate of drug-likeness (QED) is 0.898. The molecule has 0 spiro atoms.